The SMILES string of the molecule is Cc1ccc2c(c1)-c1ccccc1C2(c1ccccc1)c1ccccc1.Cc1cccc(-c2cc3ccccc3c3c4ccccc4c4ccccc4c23)c1.Cc1cccc(-c2ccc3c4ccccc4c4ccccc4c3c2)c1. The van der Waals surface area contributed by atoms with Crippen LogP contribution in [-0.4, -0.2) is 0 Å². The van der Waals surface area contributed by atoms with Gasteiger partial charge in [-0.1, -0.05) is 302 Å². The van der Waals surface area contributed by atoms with Gasteiger partial charge in [-0.05, 0) is 164 Å². The summed E-state index contributed by atoms with van der Waals surface area (Å²) in [6, 6.07) is 108. The van der Waals surface area contributed by atoms with Gasteiger partial charge < -0.3 is 0 Å². The highest BCUT2D eigenvalue weighted by molar-refractivity contribution is 6.34. The second-order valence-electron chi connectivity index (χ2n) is 21.7. The lowest BCUT2D eigenvalue weighted by Gasteiger charge is -2.33. The van der Waals surface area contributed by atoms with E-state index in [1.165, 1.54) is 148 Å². The van der Waals surface area contributed by atoms with Gasteiger partial charge in [-0.2, -0.15) is 0 Å². The topological polar surface area (TPSA) is 0 Å². The molecule has 0 heterocycles. The molecule has 16 rings (SSSR count). The average Bonchev–Trinajstić information content (AvgIpc) is 3.91. The predicted octanol–water partition coefficient (Wildman–Crippen LogP) is 21.8. The molecule has 15 aromatic rings. The number of rotatable bonds is 4. The highest BCUT2D eigenvalue weighted by Crippen LogP contribution is 2.56. The van der Waals surface area contributed by atoms with Crippen molar-refractivity contribution in [2.24, 2.45) is 0 Å². The van der Waals surface area contributed by atoms with Crippen molar-refractivity contribution < 1.29 is 0 Å². The Morgan fingerprint density at radius 2 is 0.637 bits per heavy atom. The standard InChI is InChI=1S/C29H20.C26H20.C25H18/c1-19-9-8-11-20(17-19)27-18-21-10-2-3-12-22(21)28-25-15-6-4-13-23(25)24-14-5-7-16-26(24)29(27)28;1-19-16-17-25-23(18-19)22-14-8-9-15-24(22)26(25,20-10-4-2-5-11-20)21-12-6-3-7-13-21;1-17-7-6-8-18(15-17)19-13-14-24-22-11-3-2-9-20(22)21-10-4-5-12-23(21)25(24)16-19/h2-18H,1H3;2-18H,1H3;2-16H,1H3. The van der Waals surface area contributed by atoms with E-state index in [1.807, 2.05) is 0 Å². The number of aryl methyl sites for hydroxylation is 3. The van der Waals surface area contributed by atoms with Crippen LogP contribution in [0.4, 0.5) is 0 Å². The number of hydrogen-bond donors (Lipinski definition) is 0. The van der Waals surface area contributed by atoms with Crippen molar-refractivity contribution >= 4 is 75.4 Å². The molecule has 0 fully saturated rings. The average molecular weight is 1020 g/mol. The molecule has 0 saturated heterocycles. The van der Waals surface area contributed by atoms with Crippen molar-refractivity contribution in [3.8, 4) is 33.4 Å². The van der Waals surface area contributed by atoms with Crippen molar-refractivity contribution in [2.75, 3.05) is 0 Å². The molecule has 0 heteroatoms. The van der Waals surface area contributed by atoms with E-state index in [0.717, 1.165) is 0 Å². The maximum atomic E-state index is 2.37. The number of hydrogen-bond acceptors (Lipinski definition) is 0. The van der Waals surface area contributed by atoms with Crippen LogP contribution in [0.5, 0.6) is 0 Å². The van der Waals surface area contributed by atoms with Crippen LogP contribution in [0.15, 0.2) is 297 Å². The molecule has 378 valence electrons. The molecule has 0 amide bonds. The smallest absolute Gasteiger partial charge is 0.0622 e. The fourth-order valence-corrected chi connectivity index (χ4v) is 13.3. The fourth-order valence-electron chi connectivity index (χ4n) is 13.3. The van der Waals surface area contributed by atoms with E-state index in [4.69, 9.17) is 0 Å². The zero-order chi connectivity index (χ0) is 53.7. The summed E-state index contributed by atoms with van der Waals surface area (Å²) >= 11 is 0. The highest BCUT2D eigenvalue weighted by atomic mass is 14.5. The lowest BCUT2D eigenvalue weighted by atomic mass is 9.68. The van der Waals surface area contributed by atoms with Gasteiger partial charge in [-0.3, -0.25) is 0 Å². The molecule has 0 unspecified atom stereocenters. The Kier molecular flexibility index (Phi) is 12.2. The third-order valence-corrected chi connectivity index (χ3v) is 16.8. The van der Waals surface area contributed by atoms with Gasteiger partial charge in [-0.25, -0.2) is 0 Å². The second kappa shape index (κ2) is 20.2. The summed E-state index contributed by atoms with van der Waals surface area (Å²) in [4.78, 5) is 0. The van der Waals surface area contributed by atoms with Crippen LogP contribution in [0.3, 0.4) is 0 Å². The van der Waals surface area contributed by atoms with Gasteiger partial charge in [-0.15, -0.1) is 0 Å². The lowest BCUT2D eigenvalue weighted by Crippen LogP contribution is -2.28. The van der Waals surface area contributed by atoms with Crippen molar-refractivity contribution in [1.82, 2.24) is 0 Å². The van der Waals surface area contributed by atoms with E-state index in [1.54, 1.807) is 0 Å². The van der Waals surface area contributed by atoms with E-state index in [2.05, 4.69) is 318 Å². The van der Waals surface area contributed by atoms with Gasteiger partial charge in [0.15, 0.2) is 0 Å². The third-order valence-electron chi connectivity index (χ3n) is 16.8. The third kappa shape index (κ3) is 8.14. The molecule has 15 aromatic carbocycles. The molecule has 0 aliphatic heterocycles. The van der Waals surface area contributed by atoms with Crippen molar-refractivity contribution in [3.63, 3.8) is 0 Å². The fraction of sp³-hybridized carbons (Fsp3) is 0.0500. The molecule has 0 radical (unpaired) electrons. The summed E-state index contributed by atoms with van der Waals surface area (Å²) < 4.78 is 0. The normalized spacial score (nSPS) is 12.3. The van der Waals surface area contributed by atoms with Crippen LogP contribution in [0.25, 0.3) is 109 Å². The molecule has 0 saturated carbocycles. The van der Waals surface area contributed by atoms with E-state index in [0.29, 0.717) is 0 Å². The second-order valence-corrected chi connectivity index (χ2v) is 21.7. The molecule has 1 aliphatic carbocycles. The minimum atomic E-state index is -0.262. The maximum absolute atomic E-state index is 2.37. The van der Waals surface area contributed by atoms with E-state index in [-0.39, 0.29) is 5.41 Å². The lowest BCUT2D eigenvalue weighted by molar-refractivity contribution is 0.768. The number of fused-ring (bicyclic) bond motifs is 17. The van der Waals surface area contributed by atoms with Crippen molar-refractivity contribution in [1.29, 1.82) is 0 Å². The molecule has 0 atom stereocenters. The first kappa shape index (κ1) is 48.5. The summed E-state index contributed by atoms with van der Waals surface area (Å²) in [7, 11) is 0. The van der Waals surface area contributed by atoms with Crippen LogP contribution >= 0.6 is 0 Å². The largest absolute Gasteiger partial charge is 0.0713 e. The Balaban J connectivity index is 0.000000108. The summed E-state index contributed by atoms with van der Waals surface area (Å²) in [5, 5.41) is 18.6. The van der Waals surface area contributed by atoms with Gasteiger partial charge >= 0.3 is 0 Å². The van der Waals surface area contributed by atoms with Gasteiger partial charge in [0.2, 0.25) is 0 Å². The molecule has 0 bridgehead atoms. The van der Waals surface area contributed by atoms with Gasteiger partial charge in [0.05, 0.1) is 5.41 Å². The first-order valence-electron chi connectivity index (χ1n) is 28.0. The Morgan fingerprint density at radius 1 is 0.212 bits per heavy atom. The minimum absolute atomic E-state index is 0.262. The van der Waals surface area contributed by atoms with Crippen LogP contribution < -0.4 is 0 Å². The van der Waals surface area contributed by atoms with Crippen LogP contribution in [0.1, 0.15) is 38.9 Å². The minimum Gasteiger partial charge on any atom is -0.0622 e. The Morgan fingerprint density at radius 3 is 1.24 bits per heavy atom. The predicted molar refractivity (Wildman–Crippen MR) is 344 cm³/mol. The summed E-state index contributed by atoms with van der Waals surface area (Å²) in [5.41, 5.74) is 16.9. The van der Waals surface area contributed by atoms with Crippen molar-refractivity contribution in [3.05, 3.63) is 336 Å². The molecule has 0 N–H and O–H groups in total. The molecular formula is C80H58. The first-order valence-corrected chi connectivity index (χ1v) is 28.0. The Labute approximate surface area is 468 Å². The number of benzene rings is 15. The van der Waals surface area contributed by atoms with E-state index in [9.17, 15) is 0 Å². The van der Waals surface area contributed by atoms with Gasteiger partial charge in [0.1, 0.15) is 0 Å². The zero-order valence-electron chi connectivity index (χ0n) is 45.3. The Hall–Kier alpha value is -9.88. The zero-order valence-corrected chi connectivity index (χ0v) is 45.3. The first-order chi connectivity index (χ1) is 39.4. The van der Waals surface area contributed by atoms with Crippen molar-refractivity contribution in [2.45, 2.75) is 26.2 Å². The maximum Gasteiger partial charge on any atom is 0.0713 e. The molecular weight excluding hydrogens is 961 g/mol. The van der Waals surface area contributed by atoms with E-state index >= 15 is 0 Å². The molecule has 1 aliphatic rings. The molecule has 0 spiro atoms. The molecule has 80 heavy (non-hydrogen) atoms. The van der Waals surface area contributed by atoms with Gasteiger partial charge in [0, 0.05) is 0 Å². The van der Waals surface area contributed by atoms with Crippen LogP contribution in [-0.2, 0) is 5.41 Å². The van der Waals surface area contributed by atoms with Crippen LogP contribution in [0, 0.1) is 20.8 Å². The molecule has 0 aromatic heterocycles. The summed E-state index contributed by atoms with van der Waals surface area (Å²) in [6.07, 6.45) is 0. The van der Waals surface area contributed by atoms with E-state index < -0.39 is 0 Å². The highest BCUT2D eigenvalue weighted by Gasteiger charge is 2.45. The van der Waals surface area contributed by atoms with Crippen LogP contribution in [0.2, 0.25) is 0 Å². The molecule has 0 nitrogen and oxygen atoms in total. The Bertz CT molecular complexity index is 4780. The monoisotopic (exact) mass is 1020 g/mol. The quantitative estimate of drug-likeness (QED) is 0.154. The summed E-state index contributed by atoms with van der Waals surface area (Å²) in [5.74, 6) is 0. The summed E-state index contributed by atoms with van der Waals surface area (Å²) in [6.45, 7) is 6.49. The van der Waals surface area contributed by atoms with Gasteiger partial charge in [0.25, 0.3) is 0 Å².